The monoisotopic (exact) mass is 467 g/mol. The predicted molar refractivity (Wildman–Crippen MR) is 133 cm³/mol. The Morgan fingerprint density at radius 3 is 2.70 bits per heavy atom. The quantitative estimate of drug-likeness (QED) is 0.290. The van der Waals surface area contributed by atoms with Crippen molar-refractivity contribution in [2.24, 2.45) is 5.92 Å². The van der Waals surface area contributed by atoms with Crippen LogP contribution in [-0.4, -0.2) is 57.2 Å². The molecule has 0 saturated carbocycles. The van der Waals surface area contributed by atoms with Gasteiger partial charge in [-0.1, -0.05) is 25.7 Å². The molecule has 176 valence electrons. The van der Waals surface area contributed by atoms with Gasteiger partial charge in [-0.2, -0.15) is 0 Å². The first-order chi connectivity index (χ1) is 16.0. The number of rotatable bonds is 10. The van der Waals surface area contributed by atoms with E-state index in [1.807, 2.05) is 25.1 Å². The highest BCUT2D eigenvalue weighted by Gasteiger charge is 2.09. The molecule has 1 aliphatic heterocycles. The van der Waals surface area contributed by atoms with Crippen LogP contribution < -0.4 is 9.47 Å². The van der Waals surface area contributed by atoms with Gasteiger partial charge in [-0.3, -0.25) is 9.69 Å². The van der Waals surface area contributed by atoms with Gasteiger partial charge in [0, 0.05) is 29.3 Å². The molecule has 2 aromatic rings. The van der Waals surface area contributed by atoms with Gasteiger partial charge in [0.1, 0.15) is 18.1 Å². The predicted octanol–water partition coefficient (Wildman–Crippen LogP) is 4.58. The fourth-order valence-electron chi connectivity index (χ4n) is 3.34. The zero-order valence-corrected chi connectivity index (χ0v) is 20.6. The zero-order chi connectivity index (χ0) is 23.5. The van der Waals surface area contributed by atoms with E-state index < -0.39 is 0 Å². The lowest BCUT2D eigenvalue weighted by Crippen LogP contribution is -2.36. The van der Waals surface area contributed by atoms with E-state index in [2.05, 4.69) is 48.8 Å². The van der Waals surface area contributed by atoms with Crippen molar-refractivity contribution in [3.63, 3.8) is 0 Å². The number of ether oxygens (including phenoxy) is 3. The van der Waals surface area contributed by atoms with Crippen LogP contribution in [0.4, 0.5) is 0 Å². The number of nitrogens with zero attached hydrogens (tertiary/aromatic N) is 1. The molecule has 6 heteroatoms. The molecule has 5 nitrogen and oxygen atoms in total. The lowest BCUT2D eigenvalue weighted by Gasteiger charge is -2.24. The Bertz CT molecular complexity index is 974. The largest absolute Gasteiger partial charge is 0.493 e. The summed E-state index contributed by atoms with van der Waals surface area (Å²) < 4.78 is 16.9. The van der Waals surface area contributed by atoms with Crippen molar-refractivity contribution in [2.75, 3.05) is 46.1 Å². The molecule has 2 aromatic carbocycles. The number of hydrogen-bond acceptors (Lipinski definition) is 6. The highest BCUT2D eigenvalue weighted by Crippen LogP contribution is 2.29. The second kappa shape index (κ2) is 13.3. The number of carbonyl (C=O) groups is 1. The normalized spacial score (nSPS) is 13.9. The Hall–Kier alpha value is -2.46. The third-order valence-electron chi connectivity index (χ3n) is 5.05. The lowest BCUT2D eigenvalue weighted by atomic mass is 10.1. The zero-order valence-electron chi connectivity index (χ0n) is 19.8. The third-order valence-corrected chi connectivity index (χ3v) is 6.11. The molecule has 0 aromatic heterocycles. The molecule has 0 bridgehead atoms. The van der Waals surface area contributed by atoms with E-state index in [1.54, 1.807) is 11.8 Å². The molecule has 0 atom stereocenters. The van der Waals surface area contributed by atoms with Crippen LogP contribution in [0, 0.1) is 24.7 Å². The van der Waals surface area contributed by atoms with E-state index in [0.717, 1.165) is 72.4 Å². The third kappa shape index (κ3) is 8.77. The molecule has 33 heavy (non-hydrogen) atoms. The molecule has 0 unspecified atom stereocenters. The van der Waals surface area contributed by atoms with E-state index in [0.29, 0.717) is 12.5 Å². The number of morpholine rings is 1. The van der Waals surface area contributed by atoms with Crippen LogP contribution in [0.15, 0.2) is 41.3 Å². The molecule has 1 heterocycles. The minimum atomic E-state index is 0.0752. The Morgan fingerprint density at radius 1 is 1.15 bits per heavy atom. The fourth-order valence-corrected chi connectivity index (χ4v) is 4.26. The molecular weight excluding hydrogens is 434 g/mol. The minimum Gasteiger partial charge on any atom is -0.493 e. The van der Waals surface area contributed by atoms with Gasteiger partial charge in [0.2, 0.25) is 0 Å². The highest BCUT2D eigenvalue weighted by molar-refractivity contribution is 7.98. The number of carbonyl (C=O) groups excluding carboxylic acids is 1. The SMILES string of the molecule is Cc1cc(SCc2cc(C#CCN3CCOCC3)cc(OCC(C)C)c2)ccc1OCC=O. The van der Waals surface area contributed by atoms with E-state index >= 15 is 0 Å². The number of hydrogen-bond donors (Lipinski definition) is 0. The van der Waals surface area contributed by atoms with Crippen LogP contribution in [0.25, 0.3) is 0 Å². The summed E-state index contributed by atoms with van der Waals surface area (Å²) in [5.74, 6) is 9.52. The number of aryl methyl sites for hydroxylation is 1. The second-order valence-electron chi connectivity index (χ2n) is 8.45. The molecule has 1 aliphatic rings. The molecule has 0 aliphatic carbocycles. The van der Waals surface area contributed by atoms with E-state index in [-0.39, 0.29) is 6.61 Å². The summed E-state index contributed by atoms with van der Waals surface area (Å²) in [6.07, 6.45) is 0.762. The topological polar surface area (TPSA) is 48.0 Å². The van der Waals surface area contributed by atoms with Gasteiger partial charge < -0.3 is 14.2 Å². The summed E-state index contributed by atoms with van der Waals surface area (Å²) >= 11 is 1.76. The molecule has 0 N–H and O–H groups in total. The van der Waals surface area contributed by atoms with Crippen LogP contribution >= 0.6 is 11.8 Å². The molecule has 1 fully saturated rings. The lowest BCUT2D eigenvalue weighted by molar-refractivity contribution is -0.109. The summed E-state index contributed by atoms with van der Waals surface area (Å²) in [6.45, 7) is 11.2. The Morgan fingerprint density at radius 2 is 1.97 bits per heavy atom. The fraction of sp³-hybridized carbons (Fsp3) is 0.444. The standard InChI is InChI=1S/C27H33NO4S/c1-21(2)19-32-25-17-23(5-4-8-28-9-12-30-13-10-28)16-24(18-25)20-33-26-6-7-27(22(3)15-26)31-14-11-29/h6-7,11,15-18,21H,8-10,12-14,19-20H2,1-3H3. The number of aldehydes is 1. The van der Waals surface area contributed by atoms with Crippen LogP contribution in [0.3, 0.4) is 0 Å². The number of benzene rings is 2. The van der Waals surface area contributed by atoms with Crippen molar-refractivity contribution in [2.45, 2.75) is 31.4 Å². The summed E-state index contributed by atoms with van der Waals surface area (Å²) in [7, 11) is 0. The first kappa shape index (κ1) is 25.2. The Labute approximate surface area is 201 Å². The molecule has 0 spiro atoms. The average molecular weight is 468 g/mol. The highest BCUT2D eigenvalue weighted by atomic mass is 32.2. The molecule has 0 radical (unpaired) electrons. The van der Waals surface area contributed by atoms with Crippen molar-refractivity contribution in [1.29, 1.82) is 0 Å². The van der Waals surface area contributed by atoms with E-state index in [9.17, 15) is 4.79 Å². The van der Waals surface area contributed by atoms with Crippen LogP contribution in [-0.2, 0) is 15.3 Å². The summed E-state index contributed by atoms with van der Waals surface area (Å²) in [6, 6.07) is 12.3. The van der Waals surface area contributed by atoms with Gasteiger partial charge in [-0.15, -0.1) is 11.8 Å². The van der Waals surface area contributed by atoms with Crippen LogP contribution in [0.2, 0.25) is 0 Å². The van der Waals surface area contributed by atoms with Crippen molar-refractivity contribution < 1.29 is 19.0 Å². The minimum absolute atomic E-state index is 0.0752. The summed E-state index contributed by atoms with van der Waals surface area (Å²) in [5.41, 5.74) is 3.18. The van der Waals surface area contributed by atoms with E-state index in [4.69, 9.17) is 14.2 Å². The second-order valence-corrected chi connectivity index (χ2v) is 9.50. The maximum absolute atomic E-state index is 10.5. The van der Waals surface area contributed by atoms with Gasteiger partial charge in [0.25, 0.3) is 0 Å². The first-order valence-corrected chi connectivity index (χ1v) is 12.4. The van der Waals surface area contributed by atoms with Gasteiger partial charge >= 0.3 is 0 Å². The summed E-state index contributed by atoms with van der Waals surface area (Å²) in [4.78, 5) is 14.0. The van der Waals surface area contributed by atoms with Crippen molar-refractivity contribution >= 4 is 18.0 Å². The molecule has 0 amide bonds. The van der Waals surface area contributed by atoms with Crippen LogP contribution in [0.1, 0.15) is 30.5 Å². The Balaban J connectivity index is 1.69. The maximum atomic E-state index is 10.5. The van der Waals surface area contributed by atoms with Crippen LogP contribution in [0.5, 0.6) is 11.5 Å². The summed E-state index contributed by atoms with van der Waals surface area (Å²) in [5, 5.41) is 0. The van der Waals surface area contributed by atoms with Gasteiger partial charge in [-0.25, -0.2) is 0 Å². The van der Waals surface area contributed by atoms with E-state index in [1.165, 1.54) is 5.56 Å². The molecule has 1 saturated heterocycles. The van der Waals surface area contributed by atoms with Crippen molar-refractivity contribution in [3.8, 4) is 23.3 Å². The van der Waals surface area contributed by atoms with Gasteiger partial charge in [0.15, 0.2) is 6.29 Å². The van der Waals surface area contributed by atoms with Gasteiger partial charge in [0.05, 0.1) is 26.4 Å². The van der Waals surface area contributed by atoms with Gasteiger partial charge in [-0.05, 0) is 60.4 Å². The first-order valence-electron chi connectivity index (χ1n) is 11.4. The Kier molecular flexibility index (Phi) is 10.1. The maximum Gasteiger partial charge on any atom is 0.157 e. The molecule has 3 rings (SSSR count). The number of thioether (sulfide) groups is 1. The smallest absolute Gasteiger partial charge is 0.157 e. The van der Waals surface area contributed by atoms with Crippen molar-refractivity contribution in [3.05, 3.63) is 53.1 Å². The molecular formula is C27H33NO4S. The average Bonchev–Trinajstić information content (AvgIpc) is 2.81. The van der Waals surface area contributed by atoms with Crippen molar-refractivity contribution in [1.82, 2.24) is 4.90 Å².